The van der Waals surface area contributed by atoms with E-state index in [1.807, 2.05) is 36.4 Å². The first-order valence-electron chi connectivity index (χ1n) is 10.7. The van der Waals surface area contributed by atoms with E-state index in [1.54, 1.807) is 18.5 Å². The third-order valence-corrected chi connectivity index (χ3v) is 5.95. The molecule has 1 atom stereocenters. The zero-order chi connectivity index (χ0) is 21.2. The van der Waals surface area contributed by atoms with Gasteiger partial charge in [-0.25, -0.2) is 0 Å². The summed E-state index contributed by atoms with van der Waals surface area (Å²) >= 11 is 0. The second kappa shape index (κ2) is 8.32. The van der Waals surface area contributed by atoms with Crippen LogP contribution in [0.15, 0.2) is 72.0 Å². The van der Waals surface area contributed by atoms with E-state index in [9.17, 15) is 4.79 Å². The lowest BCUT2D eigenvalue weighted by Gasteiger charge is -2.15. The fourth-order valence-electron chi connectivity index (χ4n) is 4.38. The highest BCUT2D eigenvalue weighted by Gasteiger charge is 2.35. The lowest BCUT2D eigenvalue weighted by atomic mass is 9.91. The Kier molecular flexibility index (Phi) is 5.22. The summed E-state index contributed by atoms with van der Waals surface area (Å²) in [5.74, 6) is -0.593. The maximum atomic E-state index is 12.9. The Balaban J connectivity index is 1.50. The van der Waals surface area contributed by atoms with E-state index in [2.05, 4.69) is 27.3 Å². The van der Waals surface area contributed by atoms with Gasteiger partial charge in [0.15, 0.2) is 0 Å². The van der Waals surface area contributed by atoms with E-state index < -0.39 is 5.92 Å². The minimum absolute atomic E-state index is 0.0955. The molecule has 3 heterocycles. The number of fused-ring (bicyclic) bond motifs is 1. The number of nitrogen functional groups attached to an aromatic ring is 1. The smallest absolute Gasteiger partial charge is 0.238 e. The quantitative estimate of drug-likeness (QED) is 0.489. The van der Waals surface area contributed by atoms with Crippen molar-refractivity contribution in [3.05, 3.63) is 83.7 Å². The number of nitrogens with one attached hydrogen (secondary N) is 1. The number of carbonyl (C=O) groups is 1. The van der Waals surface area contributed by atoms with Gasteiger partial charge >= 0.3 is 0 Å². The van der Waals surface area contributed by atoms with Gasteiger partial charge in [0.2, 0.25) is 5.91 Å². The molecule has 5 rings (SSSR count). The molecule has 1 aromatic heterocycles. The summed E-state index contributed by atoms with van der Waals surface area (Å²) in [4.78, 5) is 24.5. The van der Waals surface area contributed by atoms with Gasteiger partial charge in [-0.15, -0.1) is 0 Å². The van der Waals surface area contributed by atoms with Crippen molar-refractivity contribution < 1.29 is 4.79 Å². The number of nitrogens with zero attached hydrogens (tertiary/aromatic N) is 3. The van der Waals surface area contributed by atoms with Gasteiger partial charge in [0.1, 0.15) is 5.92 Å². The Morgan fingerprint density at radius 2 is 1.81 bits per heavy atom. The molecule has 0 saturated carbocycles. The van der Waals surface area contributed by atoms with Gasteiger partial charge in [-0.2, -0.15) is 0 Å². The number of anilines is 2. The van der Waals surface area contributed by atoms with Gasteiger partial charge < -0.3 is 11.1 Å². The second-order valence-corrected chi connectivity index (χ2v) is 8.15. The van der Waals surface area contributed by atoms with Crippen molar-refractivity contribution in [3.63, 3.8) is 0 Å². The van der Waals surface area contributed by atoms with Gasteiger partial charge in [0.25, 0.3) is 0 Å². The molecule has 0 spiro atoms. The zero-order valence-electron chi connectivity index (χ0n) is 17.3. The van der Waals surface area contributed by atoms with E-state index in [0.717, 1.165) is 29.0 Å². The predicted octanol–water partition coefficient (Wildman–Crippen LogP) is 4.12. The van der Waals surface area contributed by atoms with Crippen LogP contribution in [0.5, 0.6) is 0 Å². The van der Waals surface area contributed by atoms with E-state index in [0.29, 0.717) is 11.4 Å². The summed E-state index contributed by atoms with van der Waals surface area (Å²) in [7, 11) is 0. The van der Waals surface area contributed by atoms with Crippen LogP contribution in [0, 0.1) is 0 Å². The SMILES string of the molecule is Nc1ccc2c(c1)NC(=O)C2C(=Nc1ccc(CN2CCCC2)cc1)c1ccncc1. The van der Waals surface area contributed by atoms with Crippen LogP contribution < -0.4 is 11.1 Å². The monoisotopic (exact) mass is 411 g/mol. The lowest BCUT2D eigenvalue weighted by Crippen LogP contribution is -2.22. The van der Waals surface area contributed by atoms with Crippen LogP contribution in [0.1, 0.15) is 35.4 Å². The van der Waals surface area contributed by atoms with Crippen LogP contribution in [0.4, 0.5) is 17.1 Å². The van der Waals surface area contributed by atoms with Gasteiger partial charge in [-0.3, -0.25) is 19.7 Å². The molecule has 0 radical (unpaired) electrons. The Morgan fingerprint density at radius 3 is 2.55 bits per heavy atom. The van der Waals surface area contributed by atoms with Crippen molar-refractivity contribution >= 4 is 28.7 Å². The summed E-state index contributed by atoms with van der Waals surface area (Å²) < 4.78 is 0. The molecule has 0 bridgehead atoms. The summed E-state index contributed by atoms with van der Waals surface area (Å²) in [6.07, 6.45) is 6.02. The number of carbonyl (C=O) groups excluding carboxylic acids is 1. The Labute approximate surface area is 181 Å². The molecule has 6 nitrogen and oxygen atoms in total. The first-order valence-corrected chi connectivity index (χ1v) is 10.7. The number of aliphatic imine (C=N–C) groups is 1. The number of pyridine rings is 1. The highest BCUT2D eigenvalue weighted by molar-refractivity contribution is 6.24. The zero-order valence-corrected chi connectivity index (χ0v) is 17.3. The molecule has 6 heteroatoms. The van der Waals surface area contributed by atoms with E-state index in [4.69, 9.17) is 10.7 Å². The fraction of sp³-hybridized carbons (Fsp3) is 0.240. The Morgan fingerprint density at radius 1 is 1.06 bits per heavy atom. The minimum Gasteiger partial charge on any atom is -0.399 e. The molecule has 0 aliphatic carbocycles. The molecule has 1 unspecified atom stereocenters. The Bertz CT molecular complexity index is 1120. The second-order valence-electron chi connectivity index (χ2n) is 8.15. The normalized spacial score (nSPS) is 18.8. The Hall–Kier alpha value is -3.51. The molecule has 156 valence electrons. The topological polar surface area (TPSA) is 83.6 Å². The number of hydrogen-bond acceptors (Lipinski definition) is 5. The maximum absolute atomic E-state index is 12.9. The molecule has 2 aliphatic rings. The molecule has 3 aromatic rings. The number of nitrogens with two attached hydrogens (primary N) is 1. The molecule has 3 N–H and O–H groups in total. The van der Waals surface area contributed by atoms with E-state index in [-0.39, 0.29) is 5.91 Å². The summed E-state index contributed by atoms with van der Waals surface area (Å²) in [6.45, 7) is 3.32. The number of aromatic nitrogens is 1. The van der Waals surface area contributed by atoms with Crippen LogP contribution in [0.3, 0.4) is 0 Å². The maximum Gasteiger partial charge on any atom is 0.238 e. The van der Waals surface area contributed by atoms with Crippen molar-refractivity contribution in [2.45, 2.75) is 25.3 Å². The van der Waals surface area contributed by atoms with E-state index >= 15 is 0 Å². The van der Waals surface area contributed by atoms with Crippen LogP contribution in [0.25, 0.3) is 0 Å². The molecular weight excluding hydrogens is 386 g/mol. The third-order valence-electron chi connectivity index (χ3n) is 5.95. The largest absolute Gasteiger partial charge is 0.399 e. The van der Waals surface area contributed by atoms with Crippen molar-refractivity contribution in [2.24, 2.45) is 4.99 Å². The summed E-state index contributed by atoms with van der Waals surface area (Å²) in [6, 6.07) is 17.6. The van der Waals surface area contributed by atoms with Crippen molar-refractivity contribution in [3.8, 4) is 0 Å². The highest BCUT2D eigenvalue weighted by Crippen LogP contribution is 2.37. The van der Waals surface area contributed by atoms with Crippen LogP contribution in [-0.2, 0) is 11.3 Å². The number of amides is 1. The first kappa shape index (κ1) is 19.5. The highest BCUT2D eigenvalue weighted by atomic mass is 16.2. The van der Waals surface area contributed by atoms with Crippen molar-refractivity contribution in [1.29, 1.82) is 0 Å². The van der Waals surface area contributed by atoms with Crippen molar-refractivity contribution in [1.82, 2.24) is 9.88 Å². The number of hydrogen-bond donors (Lipinski definition) is 2. The standard InChI is InChI=1S/C25H25N5O/c26-19-5-8-21-22(15-19)29-25(31)23(21)24(18-9-11-27-12-10-18)28-20-6-3-17(4-7-20)16-30-13-1-2-14-30/h3-12,15,23H,1-2,13-14,16,26H2,(H,29,31). The van der Waals surface area contributed by atoms with Gasteiger partial charge in [0.05, 0.1) is 11.4 Å². The number of likely N-dealkylation sites (tertiary alicyclic amines) is 1. The predicted molar refractivity (Wildman–Crippen MR) is 124 cm³/mol. The summed E-state index contributed by atoms with van der Waals surface area (Å²) in [5.41, 5.74) is 11.9. The molecular formula is C25H25N5O. The number of benzene rings is 2. The van der Waals surface area contributed by atoms with E-state index in [1.165, 1.54) is 31.5 Å². The molecule has 2 aromatic carbocycles. The van der Waals surface area contributed by atoms with Gasteiger partial charge in [0, 0.05) is 35.9 Å². The van der Waals surface area contributed by atoms with Gasteiger partial charge in [-0.05, 0) is 73.5 Å². The molecule has 31 heavy (non-hydrogen) atoms. The average molecular weight is 412 g/mol. The molecule has 1 saturated heterocycles. The summed E-state index contributed by atoms with van der Waals surface area (Å²) in [5, 5.41) is 2.95. The van der Waals surface area contributed by atoms with Crippen LogP contribution >= 0.6 is 0 Å². The van der Waals surface area contributed by atoms with Crippen molar-refractivity contribution in [2.75, 3.05) is 24.1 Å². The lowest BCUT2D eigenvalue weighted by molar-refractivity contribution is -0.115. The van der Waals surface area contributed by atoms with Crippen LogP contribution in [0.2, 0.25) is 0 Å². The molecule has 1 fully saturated rings. The number of rotatable bonds is 5. The fourth-order valence-corrected chi connectivity index (χ4v) is 4.38. The third kappa shape index (κ3) is 4.07. The first-order chi connectivity index (χ1) is 15.2. The molecule has 1 amide bonds. The minimum atomic E-state index is -0.498. The van der Waals surface area contributed by atoms with Crippen LogP contribution in [-0.4, -0.2) is 34.6 Å². The molecule has 2 aliphatic heterocycles. The average Bonchev–Trinajstić information content (AvgIpc) is 3.40. The van der Waals surface area contributed by atoms with Gasteiger partial charge in [-0.1, -0.05) is 18.2 Å².